The predicted molar refractivity (Wildman–Crippen MR) is 66.8 cm³/mol. The zero-order chi connectivity index (χ0) is 11.2. The Kier molecular flexibility index (Phi) is 4.82. The molecular weight excluding hydrogens is 220 g/mol. The summed E-state index contributed by atoms with van der Waals surface area (Å²) in [6, 6.07) is 4.26. The molecule has 2 atom stereocenters. The van der Waals surface area contributed by atoms with Crippen molar-refractivity contribution in [1.82, 2.24) is 0 Å². The Labute approximate surface area is 101 Å². The summed E-state index contributed by atoms with van der Waals surface area (Å²) in [5.41, 5.74) is 0. The molecule has 0 saturated carbocycles. The van der Waals surface area contributed by atoms with Gasteiger partial charge in [-0.3, -0.25) is 0 Å². The molecule has 2 nitrogen and oxygen atoms in total. The second kappa shape index (κ2) is 6.38. The van der Waals surface area contributed by atoms with Gasteiger partial charge in [0.2, 0.25) is 0 Å². The average molecular weight is 240 g/mol. The highest BCUT2D eigenvalue weighted by Gasteiger charge is 2.21. The molecular formula is C13H20O2S. The zero-order valence-corrected chi connectivity index (χ0v) is 10.4. The standard InChI is InChI=1S/C13H20O2S/c14-13(11-4-2-8-15-10-11)7-1-5-12-6-3-9-16-12/h3,6,9,11,13-14H,1-2,4-5,7-8,10H2. The van der Waals surface area contributed by atoms with Gasteiger partial charge in [0.25, 0.3) is 0 Å². The quantitative estimate of drug-likeness (QED) is 0.857. The van der Waals surface area contributed by atoms with Crippen LogP contribution in [0.4, 0.5) is 0 Å². The lowest BCUT2D eigenvalue weighted by molar-refractivity contribution is -0.0123. The highest BCUT2D eigenvalue weighted by molar-refractivity contribution is 7.09. The average Bonchev–Trinajstić information content (AvgIpc) is 2.83. The molecule has 1 aliphatic heterocycles. The number of aryl methyl sites for hydroxylation is 1. The van der Waals surface area contributed by atoms with Crippen LogP contribution in [0.1, 0.15) is 30.6 Å². The van der Waals surface area contributed by atoms with Gasteiger partial charge in [-0.25, -0.2) is 0 Å². The fourth-order valence-electron chi connectivity index (χ4n) is 2.25. The summed E-state index contributed by atoms with van der Waals surface area (Å²) in [5, 5.41) is 12.1. The zero-order valence-electron chi connectivity index (χ0n) is 9.60. The Morgan fingerprint density at radius 1 is 1.56 bits per heavy atom. The van der Waals surface area contributed by atoms with Gasteiger partial charge in [0.1, 0.15) is 0 Å². The molecule has 1 fully saturated rings. The summed E-state index contributed by atoms with van der Waals surface area (Å²) in [6.07, 6.45) is 5.15. The third-order valence-electron chi connectivity index (χ3n) is 3.24. The van der Waals surface area contributed by atoms with Crippen LogP contribution in [0.3, 0.4) is 0 Å². The molecule has 90 valence electrons. The van der Waals surface area contributed by atoms with E-state index >= 15 is 0 Å². The van der Waals surface area contributed by atoms with Crippen LogP contribution >= 0.6 is 11.3 Å². The first kappa shape index (κ1) is 12.1. The molecule has 0 aromatic carbocycles. The SMILES string of the molecule is OC(CCCc1cccs1)C1CCCOC1. The minimum absolute atomic E-state index is 0.166. The van der Waals surface area contributed by atoms with E-state index in [1.807, 2.05) is 0 Å². The topological polar surface area (TPSA) is 29.5 Å². The fourth-order valence-corrected chi connectivity index (χ4v) is 3.00. The van der Waals surface area contributed by atoms with E-state index in [1.54, 1.807) is 11.3 Å². The van der Waals surface area contributed by atoms with Gasteiger partial charge < -0.3 is 9.84 Å². The van der Waals surface area contributed by atoms with E-state index < -0.39 is 0 Å². The Morgan fingerprint density at radius 2 is 2.50 bits per heavy atom. The van der Waals surface area contributed by atoms with Crippen molar-refractivity contribution >= 4 is 11.3 Å². The van der Waals surface area contributed by atoms with Gasteiger partial charge in [0, 0.05) is 17.4 Å². The van der Waals surface area contributed by atoms with Crippen molar-refractivity contribution < 1.29 is 9.84 Å². The molecule has 1 aliphatic rings. The van der Waals surface area contributed by atoms with Crippen LogP contribution in [-0.4, -0.2) is 24.4 Å². The van der Waals surface area contributed by atoms with Gasteiger partial charge in [-0.1, -0.05) is 6.07 Å². The number of thiophene rings is 1. The molecule has 1 aromatic heterocycles. The number of ether oxygens (including phenoxy) is 1. The molecule has 0 amide bonds. The van der Waals surface area contributed by atoms with E-state index in [1.165, 1.54) is 4.88 Å². The summed E-state index contributed by atoms with van der Waals surface area (Å²) in [6.45, 7) is 1.62. The molecule has 0 aliphatic carbocycles. The lowest BCUT2D eigenvalue weighted by Crippen LogP contribution is -2.29. The maximum absolute atomic E-state index is 10.0. The van der Waals surface area contributed by atoms with E-state index in [-0.39, 0.29) is 6.10 Å². The van der Waals surface area contributed by atoms with E-state index in [0.29, 0.717) is 5.92 Å². The van der Waals surface area contributed by atoms with Crippen LogP contribution in [0.25, 0.3) is 0 Å². The van der Waals surface area contributed by atoms with Crippen molar-refractivity contribution in [3.05, 3.63) is 22.4 Å². The maximum atomic E-state index is 10.0. The summed E-state index contributed by atoms with van der Waals surface area (Å²) in [5.74, 6) is 0.372. The normalized spacial score (nSPS) is 23.2. The van der Waals surface area contributed by atoms with Gasteiger partial charge >= 0.3 is 0 Å². The lowest BCUT2D eigenvalue weighted by atomic mass is 9.92. The highest BCUT2D eigenvalue weighted by Crippen LogP contribution is 2.21. The van der Waals surface area contributed by atoms with Gasteiger partial charge in [0.05, 0.1) is 12.7 Å². The number of hydrogen-bond donors (Lipinski definition) is 1. The first-order chi connectivity index (χ1) is 7.86. The molecule has 1 saturated heterocycles. The number of rotatable bonds is 5. The molecule has 1 aromatic rings. The first-order valence-electron chi connectivity index (χ1n) is 6.14. The van der Waals surface area contributed by atoms with Crippen molar-refractivity contribution in [2.45, 2.75) is 38.2 Å². The maximum Gasteiger partial charge on any atom is 0.0590 e. The van der Waals surface area contributed by atoms with Gasteiger partial charge in [0.15, 0.2) is 0 Å². The molecule has 0 bridgehead atoms. The second-order valence-electron chi connectivity index (χ2n) is 4.52. The Balaban J connectivity index is 1.65. The van der Waals surface area contributed by atoms with E-state index in [2.05, 4.69) is 17.5 Å². The predicted octanol–water partition coefficient (Wildman–Crippen LogP) is 2.86. The van der Waals surface area contributed by atoms with Gasteiger partial charge in [-0.05, 0) is 43.6 Å². The fraction of sp³-hybridized carbons (Fsp3) is 0.692. The van der Waals surface area contributed by atoms with E-state index in [9.17, 15) is 5.11 Å². The first-order valence-corrected chi connectivity index (χ1v) is 7.02. The molecule has 2 unspecified atom stereocenters. The Morgan fingerprint density at radius 3 is 3.19 bits per heavy atom. The van der Waals surface area contributed by atoms with Crippen molar-refractivity contribution in [1.29, 1.82) is 0 Å². The number of hydrogen-bond acceptors (Lipinski definition) is 3. The van der Waals surface area contributed by atoms with E-state index in [4.69, 9.17) is 4.74 Å². The van der Waals surface area contributed by atoms with Crippen molar-refractivity contribution in [2.75, 3.05) is 13.2 Å². The van der Waals surface area contributed by atoms with Crippen LogP contribution < -0.4 is 0 Å². The van der Waals surface area contributed by atoms with Crippen LogP contribution in [0, 0.1) is 5.92 Å². The summed E-state index contributed by atoms with van der Waals surface area (Å²) >= 11 is 1.80. The van der Waals surface area contributed by atoms with Crippen molar-refractivity contribution in [3.63, 3.8) is 0 Å². The monoisotopic (exact) mass is 240 g/mol. The van der Waals surface area contributed by atoms with E-state index in [0.717, 1.165) is 45.3 Å². The molecule has 2 heterocycles. The highest BCUT2D eigenvalue weighted by atomic mass is 32.1. The molecule has 0 radical (unpaired) electrons. The summed E-state index contributed by atoms with van der Waals surface area (Å²) in [7, 11) is 0. The Bertz CT molecular complexity index is 278. The minimum Gasteiger partial charge on any atom is -0.393 e. The lowest BCUT2D eigenvalue weighted by Gasteiger charge is -2.26. The molecule has 16 heavy (non-hydrogen) atoms. The van der Waals surface area contributed by atoms with Crippen LogP contribution in [0.2, 0.25) is 0 Å². The second-order valence-corrected chi connectivity index (χ2v) is 5.55. The number of aliphatic hydroxyl groups excluding tert-OH is 1. The third-order valence-corrected chi connectivity index (χ3v) is 4.18. The largest absolute Gasteiger partial charge is 0.393 e. The van der Waals surface area contributed by atoms with Crippen molar-refractivity contribution in [2.24, 2.45) is 5.92 Å². The molecule has 1 N–H and O–H groups in total. The van der Waals surface area contributed by atoms with Crippen LogP contribution in [0.5, 0.6) is 0 Å². The van der Waals surface area contributed by atoms with Gasteiger partial charge in [-0.15, -0.1) is 11.3 Å². The van der Waals surface area contributed by atoms with Crippen LogP contribution in [-0.2, 0) is 11.2 Å². The van der Waals surface area contributed by atoms with Gasteiger partial charge in [-0.2, -0.15) is 0 Å². The third kappa shape index (κ3) is 3.58. The van der Waals surface area contributed by atoms with Crippen LogP contribution in [0.15, 0.2) is 17.5 Å². The molecule has 0 spiro atoms. The van der Waals surface area contributed by atoms with Crippen molar-refractivity contribution in [3.8, 4) is 0 Å². The summed E-state index contributed by atoms with van der Waals surface area (Å²) < 4.78 is 5.40. The minimum atomic E-state index is -0.166. The smallest absolute Gasteiger partial charge is 0.0590 e. The summed E-state index contributed by atoms with van der Waals surface area (Å²) in [4.78, 5) is 1.42. The number of aliphatic hydroxyl groups is 1. The molecule has 2 rings (SSSR count). The Hall–Kier alpha value is -0.380. The molecule has 3 heteroatoms.